The van der Waals surface area contributed by atoms with Gasteiger partial charge in [-0.2, -0.15) is 0 Å². The van der Waals surface area contributed by atoms with Crippen LogP contribution in [-0.4, -0.2) is 37.2 Å². The quantitative estimate of drug-likeness (QED) is 0.0261. The first-order valence-corrected chi connectivity index (χ1v) is 31.7. The highest BCUT2D eigenvalue weighted by atomic mass is 16.6. The minimum absolute atomic E-state index is 0.0931. The summed E-state index contributed by atoms with van der Waals surface area (Å²) in [6, 6.07) is 0. The van der Waals surface area contributed by atoms with Gasteiger partial charge in [0.1, 0.15) is 13.2 Å². The van der Waals surface area contributed by atoms with Crippen molar-refractivity contribution >= 4 is 17.9 Å². The largest absolute Gasteiger partial charge is 0.462 e. The molecule has 75 heavy (non-hydrogen) atoms. The van der Waals surface area contributed by atoms with E-state index in [9.17, 15) is 14.4 Å². The van der Waals surface area contributed by atoms with Gasteiger partial charge in [0, 0.05) is 19.3 Å². The van der Waals surface area contributed by atoms with Gasteiger partial charge in [-0.1, -0.05) is 279 Å². The molecule has 0 saturated carbocycles. The van der Waals surface area contributed by atoms with Gasteiger partial charge in [-0.25, -0.2) is 0 Å². The van der Waals surface area contributed by atoms with Gasteiger partial charge in [0.2, 0.25) is 0 Å². The molecule has 1 atom stereocenters. The molecule has 0 bridgehead atoms. The highest BCUT2D eigenvalue weighted by molar-refractivity contribution is 5.71. The Hall–Kier alpha value is -3.67. The molecular weight excluding hydrogens is 925 g/mol. The molecule has 0 heterocycles. The summed E-state index contributed by atoms with van der Waals surface area (Å²) in [4.78, 5) is 38.0. The Balaban J connectivity index is 4.15. The number of hydrogen-bond donors (Lipinski definition) is 0. The predicted octanol–water partition coefficient (Wildman–Crippen LogP) is 21.7. The second-order valence-corrected chi connectivity index (χ2v) is 20.9. The van der Waals surface area contributed by atoms with Crippen LogP contribution in [0.5, 0.6) is 0 Å². The summed E-state index contributed by atoms with van der Waals surface area (Å²) in [6.07, 6.45) is 84.5. The molecule has 6 heteroatoms. The fourth-order valence-corrected chi connectivity index (χ4v) is 8.83. The molecule has 0 spiro atoms. The molecule has 0 aliphatic rings. The molecule has 0 aliphatic carbocycles. The summed E-state index contributed by atoms with van der Waals surface area (Å²) in [6.45, 7) is 6.46. The molecule has 0 N–H and O–H groups in total. The zero-order chi connectivity index (χ0) is 54.3. The van der Waals surface area contributed by atoms with E-state index in [0.717, 1.165) is 96.3 Å². The fourth-order valence-electron chi connectivity index (χ4n) is 8.83. The summed E-state index contributed by atoms with van der Waals surface area (Å²) in [5.74, 6) is -0.937. The average Bonchev–Trinajstić information content (AvgIpc) is 3.41. The number of unbranched alkanes of at least 4 members (excludes halogenated alkanes) is 30. The molecule has 0 radical (unpaired) electrons. The van der Waals surface area contributed by atoms with Gasteiger partial charge in [-0.05, 0) is 103 Å². The third-order valence-corrected chi connectivity index (χ3v) is 13.6. The number of esters is 3. The Kier molecular flexibility index (Phi) is 59.8. The van der Waals surface area contributed by atoms with E-state index >= 15 is 0 Å². The second kappa shape index (κ2) is 62.9. The Bertz CT molecular complexity index is 1480. The van der Waals surface area contributed by atoms with Gasteiger partial charge in [-0.3, -0.25) is 14.4 Å². The number of rotatable bonds is 57. The molecule has 0 aromatic carbocycles. The highest BCUT2D eigenvalue weighted by Gasteiger charge is 2.19. The van der Waals surface area contributed by atoms with Crippen molar-refractivity contribution in [3.8, 4) is 0 Å². The van der Waals surface area contributed by atoms with Crippen molar-refractivity contribution in [2.75, 3.05) is 13.2 Å². The van der Waals surface area contributed by atoms with Gasteiger partial charge in [0.25, 0.3) is 0 Å². The van der Waals surface area contributed by atoms with E-state index in [2.05, 4.69) is 118 Å². The smallest absolute Gasteiger partial charge is 0.306 e. The Morgan fingerprint density at radius 1 is 0.280 bits per heavy atom. The number of ether oxygens (including phenoxy) is 3. The lowest BCUT2D eigenvalue weighted by atomic mass is 10.0. The third kappa shape index (κ3) is 61.1. The van der Waals surface area contributed by atoms with Crippen LogP contribution in [0.2, 0.25) is 0 Å². The van der Waals surface area contributed by atoms with Crippen molar-refractivity contribution in [1.82, 2.24) is 0 Å². The van der Waals surface area contributed by atoms with Gasteiger partial charge >= 0.3 is 17.9 Å². The molecule has 0 aliphatic heterocycles. The van der Waals surface area contributed by atoms with Crippen LogP contribution in [0.25, 0.3) is 0 Å². The van der Waals surface area contributed by atoms with E-state index in [1.165, 1.54) is 161 Å². The predicted molar refractivity (Wildman–Crippen MR) is 325 cm³/mol. The standard InChI is InChI=1S/C69H118O6/c1-4-7-10-13-16-18-20-22-24-26-28-30-31-32-33-34-35-36-37-39-40-42-44-46-48-50-53-56-59-62-68(71)74-65-66(64-73-67(70)61-58-55-52-15-12-9-6-3)75-69(72)63-60-57-54-51-49-47-45-43-41-38-29-27-25-23-21-19-17-14-11-8-5-2/h8,11,17,19-20,22-23,25-26,28-29,38,43,45,49,51,66H,4-7,9-10,12-16,18,21,24,27,30-37,39-42,44,46-48,50,52-65H2,1-3H3/b11-8-,19-17-,22-20-,25-23-,28-26-,38-29-,45-43-,51-49-. The molecule has 0 aromatic rings. The maximum Gasteiger partial charge on any atom is 0.306 e. The van der Waals surface area contributed by atoms with Gasteiger partial charge in [-0.15, -0.1) is 0 Å². The monoisotopic (exact) mass is 1040 g/mol. The Morgan fingerprint density at radius 2 is 0.520 bits per heavy atom. The molecule has 0 aromatic heterocycles. The summed E-state index contributed by atoms with van der Waals surface area (Å²) in [5.41, 5.74) is 0. The van der Waals surface area contributed by atoms with E-state index in [0.29, 0.717) is 19.3 Å². The van der Waals surface area contributed by atoms with Crippen molar-refractivity contribution in [1.29, 1.82) is 0 Å². The fraction of sp³-hybridized carbons (Fsp3) is 0.725. The molecule has 0 amide bonds. The summed E-state index contributed by atoms with van der Waals surface area (Å²) in [7, 11) is 0. The zero-order valence-corrected chi connectivity index (χ0v) is 49.3. The van der Waals surface area contributed by atoms with Crippen molar-refractivity contribution < 1.29 is 28.6 Å². The van der Waals surface area contributed by atoms with Crippen molar-refractivity contribution in [2.24, 2.45) is 0 Å². The zero-order valence-electron chi connectivity index (χ0n) is 49.3. The molecule has 430 valence electrons. The molecule has 0 saturated heterocycles. The lowest BCUT2D eigenvalue weighted by Crippen LogP contribution is -2.30. The number of carbonyl (C=O) groups excluding carboxylic acids is 3. The van der Waals surface area contributed by atoms with Gasteiger partial charge in [0.15, 0.2) is 6.10 Å². The number of hydrogen-bond acceptors (Lipinski definition) is 6. The molecule has 6 nitrogen and oxygen atoms in total. The topological polar surface area (TPSA) is 78.9 Å². The lowest BCUT2D eigenvalue weighted by molar-refractivity contribution is -0.167. The highest BCUT2D eigenvalue weighted by Crippen LogP contribution is 2.16. The minimum Gasteiger partial charge on any atom is -0.462 e. The van der Waals surface area contributed by atoms with Crippen molar-refractivity contribution in [3.63, 3.8) is 0 Å². The molecular formula is C69H118O6. The molecule has 0 rings (SSSR count). The van der Waals surface area contributed by atoms with Crippen LogP contribution in [0.1, 0.15) is 303 Å². The minimum atomic E-state index is -0.798. The molecule has 0 fully saturated rings. The average molecular weight is 1040 g/mol. The van der Waals surface area contributed by atoms with Crippen molar-refractivity contribution in [3.05, 3.63) is 97.2 Å². The maximum atomic E-state index is 12.8. The summed E-state index contributed by atoms with van der Waals surface area (Å²) < 4.78 is 16.8. The summed E-state index contributed by atoms with van der Waals surface area (Å²) >= 11 is 0. The first-order chi connectivity index (χ1) is 37.0. The lowest BCUT2D eigenvalue weighted by Gasteiger charge is -2.18. The summed E-state index contributed by atoms with van der Waals surface area (Å²) in [5, 5.41) is 0. The SMILES string of the molecule is CC/C=C\C/C=C\C/C=C\C/C=C\C/C=C\C/C=C\CCCCC(=O)OC(COC(=O)CCCCCCCCC)COC(=O)CCCCCCCCCCCCCCCCCCC/C=C\C/C=C\CCCCCCC. The van der Waals surface area contributed by atoms with E-state index in [1.54, 1.807) is 0 Å². The first kappa shape index (κ1) is 71.3. The van der Waals surface area contributed by atoms with Crippen LogP contribution in [0.15, 0.2) is 97.2 Å². The van der Waals surface area contributed by atoms with E-state index < -0.39 is 6.10 Å². The van der Waals surface area contributed by atoms with Crippen LogP contribution in [-0.2, 0) is 28.6 Å². The van der Waals surface area contributed by atoms with Crippen LogP contribution >= 0.6 is 0 Å². The van der Waals surface area contributed by atoms with Crippen LogP contribution < -0.4 is 0 Å². The van der Waals surface area contributed by atoms with E-state index in [4.69, 9.17) is 14.2 Å². The normalized spacial score (nSPS) is 12.7. The van der Waals surface area contributed by atoms with E-state index in [-0.39, 0.29) is 37.5 Å². The second-order valence-electron chi connectivity index (χ2n) is 20.9. The number of allylic oxidation sites excluding steroid dienone is 16. The van der Waals surface area contributed by atoms with E-state index in [1.807, 2.05) is 0 Å². The molecule has 1 unspecified atom stereocenters. The van der Waals surface area contributed by atoms with Gasteiger partial charge in [0.05, 0.1) is 0 Å². The third-order valence-electron chi connectivity index (χ3n) is 13.6. The Morgan fingerprint density at radius 3 is 0.840 bits per heavy atom. The van der Waals surface area contributed by atoms with Crippen LogP contribution in [0.4, 0.5) is 0 Å². The van der Waals surface area contributed by atoms with Gasteiger partial charge < -0.3 is 14.2 Å². The Labute approximate surface area is 464 Å². The number of carbonyl (C=O) groups is 3. The van der Waals surface area contributed by atoms with Crippen LogP contribution in [0.3, 0.4) is 0 Å². The van der Waals surface area contributed by atoms with Crippen molar-refractivity contribution in [2.45, 2.75) is 309 Å². The maximum absolute atomic E-state index is 12.8. The first-order valence-electron chi connectivity index (χ1n) is 31.7. The van der Waals surface area contributed by atoms with Crippen LogP contribution in [0, 0.1) is 0 Å².